The molecular weight excluding hydrogens is 334 g/mol. The van der Waals surface area contributed by atoms with E-state index in [1.54, 1.807) is 43.5 Å². The van der Waals surface area contributed by atoms with Gasteiger partial charge in [0.05, 0.1) is 12.0 Å². The summed E-state index contributed by atoms with van der Waals surface area (Å²) in [6, 6.07) is 13.8. The summed E-state index contributed by atoms with van der Waals surface area (Å²) in [5.74, 6) is 0.761. The lowest BCUT2D eigenvalue weighted by molar-refractivity contribution is -0.384. The number of hydrogen-bond donors (Lipinski definition) is 0. The van der Waals surface area contributed by atoms with Gasteiger partial charge in [0, 0.05) is 50.4 Å². The molecule has 1 heterocycles. The standard InChI is InChI=1S/C19H21N3O4/c1-26-18-8-4-16(5-9-18)19(23)21-12-10-20(11-13-21)14-15-2-6-17(7-3-15)22(24)25/h2-9H,10-14H2,1H3. The van der Waals surface area contributed by atoms with Gasteiger partial charge in [0.25, 0.3) is 11.6 Å². The van der Waals surface area contributed by atoms with Crippen LogP contribution in [0.4, 0.5) is 5.69 Å². The molecule has 0 aromatic heterocycles. The van der Waals surface area contributed by atoms with Crippen LogP contribution in [-0.4, -0.2) is 53.9 Å². The molecule has 0 saturated carbocycles. The number of carbonyl (C=O) groups is 1. The smallest absolute Gasteiger partial charge is 0.269 e. The van der Waals surface area contributed by atoms with Crippen LogP contribution in [-0.2, 0) is 6.54 Å². The van der Waals surface area contributed by atoms with Gasteiger partial charge in [0.2, 0.25) is 0 Å². The van der Waals surface area contributed by atoms with Gasteiger partial charge < -0.3 is 9.64 Å². The number of carbonyl (C=O) groups excluding carboxylic acids is 1. The summed E-state index contributed by atoms with van der Waals surface area (Å²) in [6.45, 7) is 3.61. The van der Waals surface area contributed by atoms with E-state index in [4.69, 9.17) is 4.74 Å². The Morgan fingerprint density at radius 3 is 2.19 bits per heavy atom. The molecule has 2 aromatic carbocycles. The summed E-state index contributed by atoms with van der Waals surface area (Å²) >= 11 is 0. The number of piperazine rings is 1. The van der Waals surface area contributed by atoms with Gasteiger partial charge in [-0.1, -0.05) is 12.1 Å². The van der Waals surface area contributed by atoms with Crippen molar-refractivity contribution < 1.29 is 14.5 Å². The van der Waals surface area contributed by atoms with E-state index >= 15 is 0 Å². The molecule has 0 bridgehead atoms. The molecule has 26 heavy (non-hydrogen) atoms. The maximum absolute atomic E-state index is 12.6. The van der Waals surface area contributed by atoms with Crippen LogP contribution in [0.1, 0.15) is 15.9 Å². The lowest BCUT2D eigenvalue weighted by Gasteiger charge is -2.34. The average molecular weight is 355 g/mol. The van der Waals surface area contributed by atoms with Gasteiger partial charge in [-0.2, -0.15) is 0 Å². The van der Waals surface area contributed by atoms with Gasteiger partial charge >= 0.3 is 0 Å². The zero-order valence-electron chi connectivity index (χ0n) is 14.6. The average Bonchev–Trinajstić information content (AvgIpc) is 2.68. The monoisotopic (exact) mass is 355 g/mol. The second kappa shape index (κ2) is 7.97. The molecule has 1 saturated heterocycles. The molecule has 0 radical (unpaired) electrons. The van der Waals surface area contributed by atoms with E-state index in [1.807, 2.05) is 4.90 Å². The normalized spacial score (nSPS) is 14.9. The van der Waals surface area contributed by atoms with Crippen molar-refractivity contribution in [3.05, 3.63) is 69.8 Å². The van der Waals surface area contributed by atoms with Crippen molar-refractivity contribution in [3.63, 3.8) is 0 Å². The third-order valence-corrected chi connectivity index (χ3v) is 4.55. The maximum atomic E-state index is 12.6. The third kappa shape index (κ3) is 4.18. The first kappa shape index (κ1) is 17.9. The Morgan fingerprint density at radius 1 is 1.04 bits per heavy atom. The number of rotatable bonds is 5. The zero-order chi connectivity index (χ0) is 18.5. The van der Waals surface area contributed by atoms with Crippen LogP contribution in [0.15, 0.2) is 48.5 Å². The first-order chi connectivity index (χ1) is 12.6. The number of benzene rings is 2. The highest BCUT2D eigenvalue weighted by Gasteiger charge is 2.22. The predicted octanol–water partition coefficient (Wildman–Crippen LogP) is 2.56. The molecule has 2 aromatic rings. The first-order valence-electron chi connectivity index (χ1n) is 8.46. The second-order valence-corrected chi connectivity index (χ2v) is 6.22. The molecule has 7 heteroatoms. The number of hydrogen-bond acceptors (Lipinski definition) is 5. The number of nitro benzene ring substituents is 1. The number of methoxy groups -OCH3 is 1. The Bertz CT molecular complexity index is 766. The Morgan fingerprint density at radius 2 is 1.65 bits per heavy atom. The molecule has 136 valence electrons. The highest BCUT2D eigenvalue weighted by molar-refractivity contribution is 5.94. The van der Waals surface area contributed by atoms with Gasteiger partial charge in [0.15, 0.2) is 0 Å². The van der Waals surface area contributed by atoms with Crippen molar-refractivity contribution in [3.8, 4) is 5.75 Å². The largest absolute Gasteiger partial charge is 0.497 e. The molecule has 1 fully saturated rings. The lowest BCUT2D eigenvalue weighted by atomic mass is 10.1. The SMILES string of the molecule is COc1ccc(C(=O)N2CCN(Cc3ccc([N+](=O)[O-])cc3)CC2)cc1. The van der Waals surface area contributed by atoms with E-state index < -0.39 is 4.92 Å². The number of nitrogens with zero attached hydrogens (tertiary/aromatic N) is 3. The van der Waals surface area contributed by atoms with E-state index in [0.29, 0.717) is 18.7 Å². The predicted molar refractivity (Wildman–Crippen MR) is 97.3 cm³/mol. The number of nitro groups is 1. The van der Waals surface area contributed by atoms with Crippen LogP contribution in [0.25, 0.3) is 0 Å². The molecule has 1 aliphatic heterocycles. The van der Waals surface area contributed by atoms with Crippen molar-refractivity contribution in [1.29, 1.82) is 0 Å². The molecule has 1 aliphatic rings. The van der Waals surface area contributed by atoms with E-state index in [0.717, 1.165) is 30.9 Å². The van der Waals surface area contributed by atoms with Gasteiger partial charge in [-0.05, 0) is 29.8 Å². The maximum Gasteiger partial charge on any atom is 0.269 e. The fourth-order valence-electron chi connectivity index (χ4n) is 3.01. The van der Waals surface area contributed by atoms with Crippen LogP contribution in [0.3, 0.4) is 0 Å². The third-order valence-electron chi connectivity index (χ3n) is 4.55. The van der Waals surface area contributed by atoms with Crippen LogP contribution < -0.4 is 4.74 Å². The Kier molecular flexibility index (Phi) is 5.48. The Balaban J connectivity index is 1.53. The minimum atomic E-state index is -0.396. The summed E-state index contributed by atoms with van der Waals surface area (Å²) in [5.41, 5.74) is 1.80. The van der Waals surface area contributed by atoms with Gasteiger partial charge in [-0.3, -0.25) is 19.8 Å². The molecular formula is C19H21N3O4. The van der Waals surface area contributed by atoms with Crippen LogP contribution in [0.2, 0.25) is 0 Å². The van der Waals surface area contributed by atoms with E-state index in [-0.39, 0.29) is 11.6 Å². The summed E-state index contributed by atoms with van der Waals surface area (Å²) < 4.78 is 5.12. The Hall–Kier alpha value is -2.93. The van der Waals surface area contributed by atoms with Gasteiger partial charge in [0.1, 0.15) is 5.75 Å². The van der Waals surface area contributed by atoms with Crippen molar-refractivity contribution >= 4 is 11.6 Å². The zero-order valence-corrected chi connectivity index (χ0v) is 14.6. The van der Waals surface area contributed by atoms with Crippen molar-refractivity contribution in [1.82, 2.24) is 9.80 Å². The minimum Gasteiger partial charge on any atom is -0.497 e. The van der Waals surface area contributed by atoms with Crippen molar-refractivity contribution in [2.45, 2.75) is 6.54 Å². The van der Waals surface area contributed by atoms with Crippen LogP contribution >= 0.6 is 0 Å². The fraction of sp³-hybridized carbons (Fsp3) is 0.316. The Labute approximate surface area is 151 Å². The highest BCUT2D eigenvalue weighted by atomic mass is 16.6. The second-order valence-electron chi connectivity index (χ2n) is 6.22. The number of non-ortho nitro benzene ring substituents is 1. The highest BCUT2D eigenvalue weighted by Crippen LogP contribution is 2.17. The molecule has 7 nitrogen and oxygen atoms in total. The van der Waals surface area contributed by atoms with Crippen LogP contribution in [0.5, 0.6) is 5.75 Å². The van der Waals surface area contributed by atoms with E-state index in [1.165, 1.54) is 12.1 Å². The number of amides is 1. The summed E-state index contributed by atoms with van der Waals surface area (Å²) in [5, 5.41) is 10.7. The first-order valence-corrected chi connectivity index (χ1v) is 8.46. The lowest BCUT2D eigenvalue weighted by Crippen LogP contribution is -2.48. The molecule has 3 rings (SSSR count). The summed E-state index contributed by atoms with van der Waals surface area (Å²) in [7, 11) is 1.60. The topological polar surface area (TPSA) is 75.9 Å². The van der Waals surface area contributed by atoms with E-state index in [9.17, 15) is 14.9 Å². The van der Waals surface area contributed by atoms with Gasteiger partial charge in [-0.15, -0.1) is 0 Å². The molecule has 0 N–H and O–H groups in total. The molecule has 0 spiro atoms. The molecule has 0 atom stereocenters. The minimum absolute atomic E-state index is 0.0302. The van der Waals surface area contributed by atoms with Crippen LogP contribution in [0, 0.1) is 10.1 Å². The van der Waals surface area contributed by atoms with Gasteiger partial charge in [-0.25, -0.2) is 0 Å². The van der Waals surface area contributed by atoms with E-state index in [2.05, 4.69) is 4.90 Å². The summed E-state index contributed by atoms with van der Waals surface area (Å²) in [4.78, 5) is 27.0. The molecule has 0 aliphatic carbocycles. The van der Waals surface area contributed by atoms with Crippen molar-refractivity contribution in [2.24, 2.45) is 0 Å². The van der Waals surface area contributed by atoms with Crippen molar-refractivity contribution in [2.75, 3.05) is 33.3 Å². The fourth-order valence-corrected chi connectivity index (χ4v) is 3.01. The summed E-state index contributed by atoms with van der Waals surface area (Å²) in [6.07, 6.45) is 0. The molecule has 1 amide bonds. The molecule has 0 unspecified atom stereocenters. The number of ether oxygens (including phenoxy) is 1. The quantitative estimate of drug-likeness (QED) is 0.609.